The number of hydrogen-bond acceptors (Lipinski definition) is 3. The van der Waals surface area contributed by atoms with Crippen LogP contribution in [0.1, 0.15) is 72.9 Å². The number of benzene rings is 2. The summed E-state index contributed by atoms with van der Waals surface area (Å²) in [4.78, 5) is 12.7. The van der Waals surface area contributed by atoms with Gasteiger partial charge < -0.3 is 5.32 Å². The molecule has 1 amide bonds. The van der Waals surface area contributed by atoms with E-state index in [0.29, 0.717) is 12.1 Å². The lowest BCUT2D eigenvalue weighted by atomic mass is 9.89. The van der Waals surface area contributed by atoms with Crippen molar-refractivity contribution in [1.82, 2.24) is 5.32 Å². The van der Waals surface area contributed by atoms with Crippen molar-refractivity contribution in [2.75, 3.05) is 17.1 Å². The van der Waals surface area contributed by atoms with Gasteiger partial charge in [-0.15, -0.1) is 0 Å². The highest BCUT2D eigenvalue weighted by atomic mass is 32.2. The maximum Gasteiger partial charge on any atom is 0.232 e. The molecule has 0 bridgehead atoms. The Hall–Kier alpha value is -2.34. The third-order valence-electron chi connectivity index (χ3n) is 6.46. The van der Waals surface area contributed by atoms with E-state index in [-0.39, 0.29) is 24.9 Å². The van der Waals surface area contributed by atoms with Gasteiger partial charge in [0.1, 0.15) is 0 Å². The van der Waals surface area contributed by atoms with E-state index in [1.165, 1.54) is 34.5 Å². The van der Waals surface area contributed by atoms with Gasteiger partial charge in [-0.1, -0.05) is 31.2 Å². The van der Waals surface area contributed by atoms with Crippen LogP contribution in [0.4, 0.5) is 5.69 Å². The van der Waals surface area contributed by atoms with Crippen LogP contribution in [0.15, 0.2) is 36.4 Å². The number of nitrogens with one attached hydrogen (secondary N) is 1. The largest absolute Gasteiger partial charge is 0.349 e. The Bertz CT molecular complexity index is 1060. The van der Waals surface area contributed by atoms with E-state index in [9.17, 15) is 13.2 Å². The quantitative estimate of drug-likeness (QED) is 0.578. The third-order valence-corrected chi connectivity index (χ3v) is 7.66. The summed E-state index contributed by atoms with van der Waals surface area (Å²) in [5, 5.41) is 3.15. The molecule has 174 valence electrons. The van der Waals surface area contributed by atoms with Crippen LogP contribution in [0.5, 0.6) is 0 Å². The van der Waals surface area contributed by atoms with Gasteiger partial charge >= 0.3 is 0 Å². The summed E-state index contributed by atoms with van der Waals surface area (Å²) in [6.45, 7) is 6.33. The maximum absolute atomic E-state index is 12.7. The van der Waals surface area contributed by atoms with Gasteiger partial charge in [-0.2, -0.15) is 0 Å². The minimum atomic E-state index is -3.42. The number of nitrogens with zero attached hydrogens (tertiary/aromatic N) is 1. The van der Waals surface area contributed by atoms with Crippen LogP contribution in [-0.2, 0) is 27.7 Å². The highest BCUT2D eigenvalue weighted by Gasteiger charge is 2.20. The van der Waals surface area contributed by atoms with Crippen LogP contribution >= 0.6 is 0 Å². The van der Waals surface area contributed by atoms with E-state index in [1.807, 2.05) is 32.0 Å². The highest BCUT2D eigenvalue weighted by molar-refractivity contribution is 7.92. The molecule has 2 aromatic rings. The van der Waals surface area contributed by atoms with Crippen molar-refractivity contribution >= 4 is 21.6 Å². The molecule has 3 rings (SSSR count). The molecule has 1 aliphatic rings. The lowest BCUT2D eigenvalue weighted by Crippen LogP contribution is -2.33. The Morgan fingerprint density at radius 3 is 2.41 bits per heavy atom. The first-order valence-electron chi connectivity index (χ1n) is 11.6. The summed E-state index contributed by atoms with van der Waals surface area (Å²) in [7, 11) is -3.42. The molecule has 1 aliphatic carbocycles. The van der Waals surface area contributed by atoms with Crippen LogP contribution in [0.25, 0.3) is 0 Å². The first kappa shape index (κ1) is 24.3. The molecule has 32 heavy (non-hydrogen) atoms. The number of sulfonamides is 1. The second-order valence-electron chi connectivity index (χ2n) is 8.97. The minimum Gasteiger partial charge on any atom is -0.349 e. The van der Waals surface area contributed by atoms with Gasteiger partial charge in [-0.3, -0.25) is 9.10 Å². The van der Waals surface area contributed by atoms with Gasteiger partial charge in [0.25, 0.3) is 0 Å². The van der Waals surface area contributed by atoms with Crippen LogP contribution in [0.2, 0.25) is 0 Å². The zero-order chi connectivity index (χ0) is 23.3. The molecule has 0 fully saturated rings. The molecule has 0 radical (unpaired) electrons. The molecule has 0 unspecified atom stereocenters. The van der Waals surface area contributed by atoms with Crippen LogP contribution in [-0.4, -0.2) is 27.1 Å². The molecule has 1 atom stereocenters. The van der Waals surface area contributed by atoms with Crippen molar-refractivity contribution in [2.24, 2.45) is 0 Å². The van der Waals surface area contributed by atoms with Crippen LogP contribution in [0.3, 0.4) is 0 Å². The van der Waals surface area contributed by atoms with Gasteiger partial charge in [-0.05, 0) is 92.3 Å². The number of hydrogen-bond donors (Lipinski definition) is 1. The number of carbonyl (C=O) groups is 1. The number of anilines is 1. The van der Waals surface area contributed by atoms with Crippen LogP contribution < -0.4 is 9.62 Å². The standard InChI is InChI=1S/C26H36N2O3S/c1-5-25(23-14-13-21-9-6-7-10-22(21)18-23)27-26(29)11-8-16-28(32(4,30)31)24-15-12-19(2)20(3)17-24/h12-15,17-18,25H,5-11,16H2,1-4H3,(H,27,29)/t25-/m1/s1. The third kappa shape index (κ3) is 6.12. The Kier molecular flexibility index (Phi) is 7.99. The molecule has 0 heterocycles. The summed E-state index contributed by atoms with van der Waals surface area (Å²) in [5.41, 5.74) is 6.83. The number of fused-ring (bicyclic) bond motifs is 1. The fraction of sp³-hybridized carbons (Fsp3) is 0.500. The zero-order valence-electron chi connectivity index (χ0n) is 19.8. The molecule has 2 aromatic carbocycles. The normalized spacial score (nSPS) is 14.5. The Morgan fingerprint density at radius 1 is 1.03 bits per heavy atom. The van der Waals surface area contributed by atoms with Gasteiger partial charge in [0.2, 0.25) is 15.9 Å². The van der Waals surface area contributed by atoms with E-state index in [0.717, 1.165) is 36.0 Å². The zero-order valence-corrected chi connectivity index (χ0v) is 20.6. The Morgan fingerprint density at radius 2 is 1.75 bits per heavy atom. The summed E-state index contributed by atoms with van der Waals surface area (Å²) in [5.74, 6) is -0.0388. The molecule has 0 saturated heterocycles. The van der Waals surface area contributed by atoms with Crippen molar-refractivity contribution < 1.29 is 13.2 Å². The number of amides is 1. The molecule has 6 heteroatoms. The molecule has 1 N–H and O–H groups in total. The Labute approximate surface area is 193 Å². The van der Waals surface area contributed by atoms with Crippen molar-refractivity contribution in [3.05, 3.63) is 64.2 Å². The van der Waals surface area contributed by atoms with Gasteiger partial charge in [0.05, 0.1) is 18.0 Å². The van der Waals surface area contributed by atoms with E-state index in [1.54, 1.807) is 0 Å². The average molecular weight is 457 g/mol. The number of carbonyl (C=O) groups excluding carboxylic acids is 1. The molecule has 5 nitrogen and oxygen atoms in total. The van der Waals surface area contributed by atoms with Crippen molar-refractivity contribution in [3.8, 4) is 0 Å². The topological polar surface area (TPSA) is 66.5 Å². The fourth-order valence-electron chi connectivity index (χ4n) is 4.41. The molecular weight excluding hydrogens is 420 g/mol. The van der Waals surface area contributed by atoms with Gasteiger partial charge in [-0.25, -0.2) is 8.42 Å². The fourth-order valence-corrected chi connectivity index (χ4v) is 5.37. The predicted octanol–water partition coefficient (Wildman–Crippen LogP) is 5.00. The second kappa shape index (κ2) is 10.5. The summed E-state index contributed by atoms with van der Waals surface area (Å²) in [6, 6.07) is 12.2. The molecule has 0 aromatic heterocycles. The highest BCUT2D eigenvalue weighted by Crippen LogP contribution is 2.26. The number of aryl methyl sites for hydroxylation is 4. The Balaban J connectivity index is 1.60. The summed E-state index contributed by atoms with van der Waals surface area (Å²) < 4.78 is 26.1. The van der Waals surface area contributed by atoms with E-state index in [4.69, 9.17) is 0 Å². The van der Waals surface area contributed by atoms with Gasteiger partial charge in [0.15, 0.2) is 0 Å². The van der Waals surface area contributed by atoms with E-state index < -0.39 is 10.0 Å². The van der Waals surface area contributed by atoms with Crippen molar-refractivity contribution in [3.63, 3.8) is 0 Å². The summed E-state index contributed by atoms with van der Waals surface area (Å²) in [6.07, 6.45) is 7.55. The first-order chi connectivity index (χ1) is 15.2. The minimum absolute atomic E-state index is 0.0134. The molecule has 0 aliphatic heterocycles. The van der Waals surface area contributed by atoms with E-state index in [2.05, 4.69) is 30.4 Å². The van der Waals surface area contributed by atoms with Crippen molar-refractivity contribution in [2.45, 2.75) is 71.8 Å². The smallest absolute Gasteiger partial charge is 0.232 e. The second-order valence-corrected chi connectivity index (χ2v) is 10.9. The monoisotopic (exact) mass is 456 g/mol. The molecule has 0 spiro atoms. The lowest BCUT2D eigenvalue weighted by molar-refractivity contribution is -0.121. The molecule has 0 saturated carbocycles. The number of rotatable bonds is 9. The first-order valence-corrected chi connectivity index (χ1v) is 13.5. The lowest BCUT2D eigenvalue weighted by Gasteiger charge is -2.24. The summed E-state index contributed by atoms with van der Waals surface area (Å²) >= 11 is 0. The van der Waals surface area contributed by atoms with Crippen LogP contribution in [0, 0.1) is 13.8 Å². The predicted molar refractivity (Wildman–Crippen MR) is 132 cm³/mol. The van der Waals surface area contributed by atoms with E-state index >= 15 is 0 Å². The van der Waals surface area contributed by atoms with Gasteiger partial charge in [0, 0.05) is 13.0 Å². The average Bonchev–Trinajstić information content (AvgIpc) is 2.76. The molecular formula is C26H36N2O3S. The van der Waals surface area contributed by atoms with Crippen molar-refractivity contribution in [1.29, 1.82) is 0 Å². The maximum atomic E-state index is 12.7. The SMILES string of the molecule is CC[C@@H](NC(=O)CCCN(c1ccc(C)c(C)c1)S(C)(=O)=O)c1ccc2c(c1)CCCC2.